The van der Waals surface area contributed by atoms with Crippen LogP contribution in [0.3, 0.4) is 0 Å². The highest BCUT2D eigenvalue weighted by molar-refractivity contribution is 5.95. The zero-order chi connectivity index (χ0) is 32.7. The van der Waals surface area contributed by atoms with Gasteiger partial charge in [0, 0.05) is 25.7 Å². The standard InChI is InChI=1S/C14H19FN2O3.C14H18FNO4.CH5N/c1-14(2,3)20-13(19)17-8-9-5-6-10(15)7-11(9)12(18)16-4;1-14(2,3)20-13(18)16-8-9-5-6-10(15)7-11(9)12(17)19-4;1-2/h5-7H,8H2,1-4H3,(H,16,18)(H,17,19);5-7H,8H2,1-4H3,(H,16,18);2H2,1H3. The Morgan fingerprint density at radius 1 is 0.738 bits per heavy atom. The average molecular weight is 597 g/mol. The second kappa shape index (κ2) is 17.5. The van der Waals surface area contributed by atoms with Crippen LogP contribution in [0, 0.1) is 11.6 Å². The molecule has 2 aromatic carbocycles. The van der Waals surface area contributed by atoms with E-state index in [4.69, 9.17) is 9.47 Å². The van der Waals surface area contributed by atoms with Crippen molar-refractivity contribution in [3.05, 3.63) is 70.3 Å². The number of nitrogens with two attached hydrogens (primary N) is 1. The number of hydrogen-bond acceptors (Lipinski definition) is 8. The van der Waals surface area contributed by atoms with Crippen LogP contribution in [0.4, 0.5) is 18.4 Å². The van der Waals surface area contributed by atoms with Gasteiger partial charge in [0.2, 0.25) is 0 Å². The van der Waals surface area contributed by atoms with E-state index in [0.717, 1.165) is 12.1 Å². The summed E-state index contributed by atoms with van der Waals surface area (Å²) >= 11 is 0. The Morgan fingerprint density at radius 3 is 1.48 bits per heavy atom. The number of halogens is 2. The van der Waals surface area contributed by atoms with Gasteiger partial charge in [-0.1, -0.05) is 12.1 Å². The SMILES string of the molecule is CN.CNC(=O)c1cc(F)ccc1CNC(=O)OC(C)(C)C.COC(=O)c1cc(F)ccc1CNC(=O)OC(C)(C)C. The number of alkyl carbamates (subject to hydrolysis) is 2. The van der Waals surface area contributed by atoms with Crippen LogP contribution in [-0.2, 0) is 27.3 Å². The molecule has 0 aliphatic heterocycles. The van der Waals surface area contributed by atoms with Gasteiger partial charge in [0.05, 0.1) is 12.7 Å². The predicted molar refractivity (Wildman–Crippen MR) is 154 cm³/mol. The fourth-order valence-electron chi connectivity index (χ4n) is 3.01. The van der Waals surface area contributed by atoms with Crippen molar-refractivity contribution in [2.75, 3.05) is 21.2 Å². The first kappa shape index (κ1) is 37.7. The maximum atomic E-state index is 13.2. The summed E-state index contributed by atoms with van der Waals surface area (Å²) in [6.07, 6.45) is -1.21. The topological polar surface area (TPSA) is 158 Å². The summed E-state index contributed by atoms with van der Waals surface area (Å²) in [5, 5.41) is 7.46. The van der Waals surface area contributed by atoms with Crippen molar-refractivity contribution >= 4 is 24.1 Å². The molecule has 0 heterocycles. The highest BCUT2D eigenvalue weighted by Crippen LogP contribution is 2.14. The van der Waals surface area contributed by atoms with Gasteiger partial charge < -0.3 is 35.9 Å². The van der Waals surface area contributed by atoms with Crippen LogP contribution in [0.25, 0.3) is 0 Å². The minimum absolute atomic E-state index is 0.0413. The van der Waals surface area contributed by atoms with E-state index in [1.54, 1.807) is 41.5 Å². The number of carbonyl (C=O) groups is 4. The summed E-state index contributed by atoms with van der Waals surface area (Å²) in [6.45, 7) is 10.6. The van der Waals surface area contributed by atoms with Gasteiger partial charge >= 0.3 is 18.2 Å². The first-order chi connectivity index (χ1) is 19.5. The molecule has 0 fully saturated rings. The van der Waals surface area contributed by atoms with Crippen molar-refractivity contribution in [1.29, 1.82) is 0 Å². The predicted octanol–water partition coefficient (Wildman–Crippen LogP) is 4.42. The molecule has 42 heavy (non-hydrogen) atoms. The summed E-state index contributed by atoms with van der Waals surface area (Å²) in [6, 6.07) is 7.51. The van der Waals surface area contributed by atoms with Crippen molar-refractivity contribution in [3.63, 3.8) is 0 Å². The molecular formula is C29H42F2N4O7. The number of benzene rings is 2. The molecule has 13 heteroatoms. The molecule has 0 bridgehead atoms. The monoisotopic (exact) mass is 596 g/mol. The van der Waals surface area contributed by atoms with E-state index in [-0.39, 0.29) is 24.2 Å². The number of amides is 3. The second-order valence-corrected chi connectivity index (χ2v) is 10.4. The lowest BCUT2D eigenvalue weighted by Gasteiger charge is -2.20. The first-order valence-corrected chi connectivity index (χ1v) is 12.8. The number of nitrogens with one attached hydrogen (secondary N) is 3. The number of rotatable bonds is 6. The quantitative estimate of drug-likeness (QED) is 0.282. The van der Waals surface area contributed by atoms with E-state index in [9.17, 15) is 28.0 Å². The molecular weight excluding hydrogens is 554 g/mol. The zero-order valence-corrected chi connectivity index (χ0v) is 25.6. The lowest BCUT2D eigenvalue weighted by Crippen LogP contribution is -2.32. The molecule has 3 amide bonds. The van der Waals surface area contributed by atoms with Crippen molar-refractivity contribution in [3.8, 4) is 0 Å². The van der Waals surface area contributed by atoms with Gasteiger partial charge in [-0.3, -0.25) is 4.79 Å². The summed E-state index contributed by atoms with van der Waals surface area (Å²) < 4.78 is 41.0. The van der Waals surface area contributed by atoms with E-state index in [1.807, 2.05) is 0 Å². The van der Waals surface area contributed by atoms with Crippen molar-refractivity contribution in [2.24, 2.45) is 5.73 Å². The number of esters is 1. The van der Waals surface area contributed by atoms with Crippen LogP contribution < -0.4 is 21.7 Å². The molecule has 234 valence electrons. The Hall–Kier alpha value is -4.26. The molecule has 5 N–H and O–H groups in total. The molecule has 0 aromatic heterocycles. The molecule has 0 spiro atoms. The summed E-state index contributed by atoms with van der Waals surface area (Å²) in [7, 11) is 4.16. The maximum absolute atomic E-state index is 13.2. The lowest BCUT2D eigenvalue weighted by atomic mass is 10.1. The third-order valence-corrected chi connectivity index (χ3v) is 4.66. The van der Waals surface area contributed by atoms with E-state index in [0.29, 0.717) is 11.1 Å². The van der Waals surface area contributed by atoms with Gasteiger partial charge in [-0.2, -0.15) is 0 Å². The third kappa shape index (κ3) is 14.9. The Morgan fingerprint density at radius 2 is 1.12 bits per heavy atom. The Bertz CT molecular complexity index is 1120. The highest BCUT2D eigenvalue weighted by atomic mass is 19.1. The molecule has 0 unspecified atom stereocenters. The normalized spacial score (nSPS) is 10.5. The van der Waals surface area contributed by atoms with Gasteiger partial charge in [-0.25, -0.2) is 23.2 Å². The molecule has 0 saturated carbocycles. The fourth-order valence-corrected chi connectivity index (χ4v) is 3.01. The van der Waals surface area contributed by atoms with Crippen molar-refractivity contribution < 1.29 is 42.2 Å². The number of carbonyl (C=O) groups excluding carboxylic acids is 4. The minimum Gasteiger partial charge on any atom is -0.465 e. The van der Waals surface area contributed by atoms with Gasteiger partial charge in [-0.05, 0) is 84.0 Å². The third-order valence-electron chi connectivity index (χ3n) is 4.66. The summed E-state index contributed by atoms with van der Waals surface area (Å²) in [5.74, 6) is -2.13. The van der Waals surface area contributed by atoms with E-state index in [1.165, 1.54) is 45.5 Å². The van der Waals surface area contributed by atoms with Gasteiger partial charge in [0.25, 0.3) is 5.91 Å². The van der Waals surface area contributed by atoms with Crippen LogP contribution in [-0.4, -0.2) is 56.5 Å². The van der Waals surface area contributed by atoms with Gasteiger partial charge in [-0.15, -0.1) is 0 Å². The number of hydrogen-bond donors (Lipinski definition) is 4. The van der Waals surface area contributed by atoms with Crippen molar-refractivity contribution in [1.82, 2.24) is 16.0 Å². The largest absolute Gasteiger partial charge is 0.465 e. The minimum atomic E-state index is -0.662. The van der Waals surface area contributed by atoms with Gasteiger partial charge in [0.15, 0.2) is 0 Å². The van der Waals surface area contributed by atoms with Crippen LogP contribution >= 0.6 is 0 Å². The van der Waals surface area contributed by atoms with Crippen LogP contribution in [0.2, 0.25) is 0 Å². The first-order valence-electron chi connectivity index (χ1n) is 12.8. The number of ether oxygens (including phenoxy) is 3. The lowest BCUT2D eigenvalue weighted by molar-refractivity contribution is 0.0511. The summed E-state index contributed by atoms with van der Waals surface area (Å²) in [4.78, 5) is 46.2. The average Bonchev–Trinajstić information content (AvgIpc) is 2.90. The van der Waals surface area contributed by atoms with Crippen LogP contribution in [0.15, 0.2) is 36.4 Å². The second-order valence-electron chi connectivity index (χ2n) is 10.4. The Kier molecular flexibility index (Phi) is 15.8. The summed E-state index contributed by atoms with van der Waals surface area (Å²) in [5.41, 5.74) is 4.50. The van der Waals surface area contributed by atoms with E-state index < -0.39 is 46.9 Å². The molecule has 0 aliphatic rings. The molecule has 0 atom stereocenters. The Labute approximate surface area is 245 Å². The zero-order valence-electron chi connectivity index (χ0n) is 25.6. The molecule has 0 radical (unpaired) electrons. The van der Waals surface area contributed by atoms with E-state index >= 15 is 0 Å². The molecule has 0 saturated heterocycles. The highest BCUT2D eigenvalue weighted by Gasteiger charge is 2.19. The smallest absolute Gasteiger partial charge is 0.407 e. The maximum Gasteiger partial charge on any atom is 0.407 e. The molecule has 2 rings (SSSR count). The van der Waals surface area contributed by atoms with Crippen molar-refractivity contribution in [2.45, 2.75) is 65.8 Å². The number of methoxy groups -OCH3 is 1. The Balaban J connectivity index is 0.000000756. The molecule has 11 nitrogen and oxygen atoms in total. The fraction of sp³-hybridized carbons (Fsp3) is 0.448. The van der Waals surface area contributed by atoms with Gasteiger partial charge in [0.1, 0.15) is 22.8 Å². The van der Waals surface area contributed by atoms with E-state index in [2.05, 4.69) is 26.4 Å². The molecule has 2 aromatic rings. The molecule has 0 aliphatic carbocycles. The van der Waals surface area contributed by atoms with Crippen LogP contribution in [0.5, 0.6) is 0 Å². The van der Waals surface area contributed by atoms with Crippen LogP contribution in [0.1, 0.15) is 73.4 Å².